The van der Waals surface area contributed by atoms with Gasteiger partial charge in [0, 0.05) is 11.4 Å². The zero-order chi connectivity index (χ0) is 23.2. The largest absolute Gasteiger partial charge is 0.457 e. The van der Waals surface area contributed by atoms with Crippen molar-refractivity contribution in [2.45, 2.75) is 5.16 Å². The van der Waals surface area contributed by atoms with Gasteiger partial charge in [-0.1, -0.05) is 54.2 Å². The molecule has 0 aliphatic heterocycles. The average Bonchev–Trinajstić information content (AvgIpc) is 3.55. The van der Waals surface area contributed by atoms with Crippen LogP contribution in [0, 0.1) is 0 Å². The Labute approximate surface area is 205 Å². The van der Waals surface area contributed by atoms with Crippen LogP contribution in [0.5, 0.6) is 11.5 Å². The van der Waals surface area contributed by atoms with Gasteiger partial charge in [0.2, 0.25) is 5.91 Å². The van der Waals surface area contributed by atoms with Crippen molar-refractivity contribution in [3.8, 4) is 27.9 Å². The molecule has 0 bridgehead atoms. The van der Waals surface area contributed by atoms with Crippen LogP contribution in [-0.4, -0.2) is 26.4 Å². The van der Waals surface area contributed by atoms with Crippen molar-refractivity contribution in [2.75, 3.05) is 11.1 Å². The average molecular weight is 485 g/mol. The van der Waals surface area contributed by atoms with Gasteiger partial charge in [-0.05, 0) is 60.0 Å². The number of benzene rings is 3. The fourth-order valence-corrected chi connectivity index (χ4v) is 4.75. The molecule has 6 nitrogen and oxygen atoms in total. The van der Waals surface area contributed by atoms with E-state index in [4.69, 9.17) is 4.74 Å². The number of amides is 1. The van der Waals surface area contributed by atoms with Crippen molar-refractivity contribution in [1.82, 2.24) is 14.8 Å². The van der Waals surface area contributed by atoms with Crippen LogP contribution in [0.25, 0.3) is 16.4 Å². The van der Waals surface area contributed by atoms with E-state index in [9.17, 15) is 4.79 Å². The summed E-state index contributed by atoms with van der Waals surface area (Å²) in [5.41, 5.74) is 1.66. The summed E-state index contributed by atoms with van der Waals surface area (Å²) in [5, 5.41) is 14.4. The predicted octanol–water partition coefficient (Wildman–Crippen LogP) is 6.52. The molecule has 0 radical (unpaired) electrons. The number of para-hydroxylation sites is 2. The standard InChI is InChI=1S/C26H20N4O2S2/c31-24(27-19-13-15-22(16-14-19)32-21-10-5-2-6-11-21)18-34-26-29-28-25(23-12-7-17-33-23)30(26)20-8-3-1-4-9-20/h1-17H,18H2,(H,27,31). The maximum atomic E-state index is 12.6. The Morgan fingerprint density at radius 1 is 0.853 bits per heavy atom. The van der Waals surface area contributed by atoms with Crippen LogP contribution >= 0.6 is 23.1 Å². The highest BCUT2D eigenvalue weighted by atomic mass is 32.2. The highest BCUT2D eigenvalue weighted by molar-refractivity contribution is 7.99. The lowest BCUT2D eigenvalue weighted by molar-refractivity contribution is -0.113. The maximum Gasteiger partial charge on any atom is 0.234 e. The number of aromatic nitrogens is 3. The Morgan fingerprint density at radius 2 is 1.56 bits per heavy atom. The van der Waals surface area contributed by atoms with Crippen molar-refractivity contribution in [2.24, 2.45) is 0 Å². The lowest BCUT2D eigenvalue weighted by Gasteiger charge is -2.10. The van der Waals surface area contributed by atoms with Gasteiger partial charge in [-0.15, -0.1) is 21.5 Å². The molecule has 0 unspecified atom stereocenters. The second kappa shape index (κ2) is 10.4. The number of hydrogen-bond donors (Lipinski definition) is 1. The first kappa shape index (κ1) is 21.9. The molecular weight excluding hydrogens is 464 g/mol. The third kappa shape index (κ3) is 5.19. The summed E-state index contributed by atoms with van der Waals surface area (Å²) < 4.78 is 7.78. The summed E-state index contributed by atoms with van der Waals surface area (Å²) in [7, 11) is 0. The Kier molecular flexibility index (Phi) is 6.69. The molecular formula is C26H20N4O2S2. The minimum Gasteiger partial charge on any atom is -0.457 e. The first-order chi connectivity index (χ1) is 16.8. The number of thioether (sulfide) groups is 1. The van der Waals surface area contributed by atoms with Crippen molar-refractivity contribution >= 4 is 34.7 Å². The summed E-state index contributed by atoms with van der Waals surface area (Å²) in [6.07, 6.45) is 0. The van der Waals surface area contributed by atoms with Crippen LogP contribution in [0.15, 0.2) is 108 Å². The number of nitrogens with one attached hydrogen (secondary N) is 1. The van der Waals surface area contributed by atoms with Crippen molar-refractivity contribution < 1.29 is 9.53 Å². The highest BCUT2D eigenvalue weighted by Gasteiger charge is 2.17. The van der Waals surface area contributed by atoms with Crippen LogP contribution in [0.2, 0.25) is 0 Å². The topological polar surface area (TPSA) is 69.0 Å². The highest BCUT2D eigenvalue weighted by Crippen LogP contribution is 2.30. The second-order valence-corrected chi connectivity index (χ2v) is 9.12. The van der Waals surface area contributed by atoms with Gasteiger partial charge in [-0.2, -0.15) is 0 Å². The fraction of sp³-hybridized carbons (Fsp3) is 0.0385. The van der Waals surface area contributed by atoms with Gasteiger partial charge in [-0.3, -0.25) is 9.36 Å². The minimum absolute atomic E-state index is 0.123. The quantitative estimate of drug-likeness (QED) is 0.254. The van der Waals surface area contributed by atoms with Gasteiger partial charge in [0.05, 0.1) is 10.6 Å². The Bertz CT molecular complexity index is 1350. The minimum atomic E-state index is -0.123. The van der Waals surface area contributed by atoms with Crippen molar-refractivity contribution in [3.63, 3.8) is 0 Å². The Hall–Kier alpha value is -3.88. The molecule has 0 aliphatic rings. The maximum absolute atomic E-state index is 12.6. The zero-order valence-corrected chi connectivity index (χ0v) is 19.6. The first-order valence-electron chi connectivity index (χ1n) is 10.6. The summed E-state index contributed by atoms with van der Waals surface area (Å²) in [4.78, 5) is 13.6. The molecule has 2 aromatic heterocycles. The molecule has 0 aliphatic carbocycles. The zero-order valence-electron chi connectivity index (χ0n) is 18.0. The lowest BCUT2D eigenvalue weighted by atomic mass is 10.3. The third-order valence-corrected chi connectivity index (χ3v) is 6.63. The number of carbonyl (C=O) groups is 1. The van der Waals surface area contributed by atoms with Gasteiger partial charge in [0.15, 0.2) is 11.0 Å². The van der Waals surface area contributed by atoms with E-state index in [1.165, 1.54) is 11.8 Å². The monoisotopic (exact) mass is 484 g/mol. The number of anilines is 1. The van der Waals surface area contributed by atoms with E-state index in [0.29, 0.717) is 16.6 Å². The molecule has 168 valence electrons. The normalized spacial score (nSPS) is 10.7. The molecule has 1 N–H and O–H groups in total. The SMILES string of the molecule is O=C(CSc1nnc(-c2cccs2)n1-c1ccccc1)Nc1ccc(Oc2ccccc2)cc1. The van der Waals surface area contributed by atoms with E-state index >= 15 is 0 Å². The van der Waals surface area contributed by atoms with E-state index < -0.39 is 0 Å². The van der Waals surface area contributed by atoms with E-state index in [-0.39, 0.29) is 11.7 Å². The first-order valence-corrected chi connectivity index (χ1v) is 12.4. The molecule has 5 aromatic rings. The molecule has 1 amide bonds. The smallest absolute Gasteiger partial charge is 0.234 e. The van der Waals surface area contributed by atoms with Crippen LogP contribution in [0.1, 0.15) is 0 Å². The molecule has 3 aromatic carbocycles. The number of hydrogen-bond acceptors (Lipinski definition) is 6. The summed E-state index contributed by atoms with van der Waals surface area (Å²) in [6, 6.07) is 30.8. The molecule has 0 fully saturated rings. The van der Waals surface area contributed by atoms with E-state index in [1.54, 1.807) is 11.3 Å². The molecule has 34 heavy (non-hydrogen) atoms. The number of carbonyl (C=O) groups excluding carboxylic acids is 1. The van der Waals surface area contributed by atoms with E-state index in [0.717, 1.165) is 22.1 Å². The molecule has 8 heteroatoms. The molecule has 2 heterocycles. The number of rotatable bonds is 8. The molecule has 0 saturated carbocycles. The Balaban J connectivity index is 1.25. The van der Waals surface area contributed by atoms with Gasteiger partial charge in [-0.25, -0.2) is 0 Å². The number of nitrogens with zero attached hydrogens (tertiary/aromatic N) is 3. The molecule has 0 atom stereocenters. The number of ether oxygens (including phenoxy) is 1. The Morgan fingerprint density at radius 3 is 2.26 bits per heavy atom. The van der Waals surface area contributed by atoms with Crippen LogP contribution in [0.4, 0.5) is 5.69 Å². The van der Waals surface area contributed by atoms with E-state index in [1.807, 2.05) is 107 Å². The van der Waals surface area contributed by atoms with Gasteiger partial charge in [0.25, 0.3) is 0 Å². The molecule has 0 saturated heterocycles. The van der Waals surface area contributed by atoms with Crippen LogP contribution < -0.4 is 10.1 Å². The van der Waals surface area contributed by atoms with Gasteiger partial charge < -0.3 is 10.1 Å². The molecule has 5 rings (SSSR count). The fourth-order valence-electron chi connectivity index (χ4n) is 3.30. The van der Waals surface area contributed by atoms with E-state index in [2.05, 4.69) is 15.5 Å². The van der Waals surface area contributed by atoms with Crippen molar-refractivity contribution in [3.05, 3.63) is 102 Å². The van der Waals surface area contributed by atoms with Crippen LogP contribution in [-0.2, 0) is 4.79 Å². The predicted molar refractivity (Wildman–Crippen MR) is 137 cm³/mol. The summed E-state index contributed by atoms with van der Waals surface area (Å²) in [6.45, 7) is 0. The van der Waals surface area contributed by atoms with Gasteiger partial charge >= 0.3 is 0 Å². The molecule has 0 spiro atoms. The van der Waals surface area contributed by atoms with Crippen molar-refractivity contribution in [1.29, 1.82) is 0 Å². The second-order valence-electron chi connectivity index (χ2n) is 7.23. The third-order valence-electron chi connectivity index (χ3n) is 4.84. The van der Waals surface area contributed by atoms with Crippen LogP contribution in [0.3, 0.4) is 0 Å². The summed E-state index contributed by atoms with van der Waals surface area (Å²) in [5.74, 6) is 2.31. The number of thiophene rings is 1. The lowest BCUT2D eigenvalue weighted by Crippen LogP contribution is -2.14. The summed E-state index contributed by atoms with van der Waals surface area (Å²) >= 11 is 2.95. The van der Waals surface area contributed by atoms with Gasteiger partial charge in [0.1, 0.15) is 11.5 Å².